The van der Waals surface area contributed by atoms with Gasteiger partial charge in [0.15, 0.2) is 0 Å². The van der Waals surface area contributed by atoms with Gasteiger partial charge >= 0.3 is 0 Å². The highest BCUT2D eigenvalue weighted by molar-refractivity contribution is 6.05. The van der Waals surface area contributed by atoms with Crippen LogP contribution < -0.4 is 5.73 Å². The van der Waals surface area contributed by atoms with Crippen molar-refractivity contribution in [3.05, 3.63) is 52.6 Å². The normalized spacial score (nSPS) is 16.4. The number of anilines is 1. The molecule has 2 aliphatic rings. The van der Waals surface area contributed by atoms with Gasteiger partial charge in [-0.2, -0.15) is 0 Å². The molecule has 2 N–H and O–H groups in total. The van der Waals surface area contributed by atoms with Crippen molar-refractivity contribution in [3.63, 3.8) is 0 Å². The van der Waals surface area contributed by atoms with Crippen molar-refractivity contribution in [2.45, 2.75) is 25.7 Å². The maximum atomic E-state index is 6.35. The minimum Gasteiger partial charge on any atom is -0.398 e. The van der Waals surface area contributed by atoms with Crippen molar-refractivity contribution in [1.29, 1.82) is 0 Å². The minimum absolute atomic E-state index is 0.937. The number of nitrogen functional groups attached to an aromatic ring is 1. The maximum Gasteiger partial charge on any atom is 0.0403 e. The molecule has 0 aliphatic heterocycles. The highest BCUT2D eigenvalue weighted by atomic mass is 14.6. The van der Waals surface area contributed by atoms with Gasteiger partial charge in [0.2, 0.25) is 0 Å². The molecule has 0 saturated heterocycles. The lowest BCUT2D eigenvalue weighted by molar-refractivity contribution is 0.984. The number of fused-ring (bicyclic) bond motifs is 5. The number of hydrogen-bond donors (Lipinski definition) is 1. The summed E-state index contributed by atoms with van der Waals surface area (Å²) >= 11 is 0. The van der Waals surface area contributed by atoms with E-state index in [2.05, 4.69) is 42.5 Å². The molecule has 0 atom stereocenters. The van der Waals surface area contributed by atoms with E-state index in [1.54, 1.807) is 0 Å². The van der Waals surface area contributed by atoms with Crippen LogP contribution in [0, 0.1) is 0 Å². The predicted octanol–water partition coefficient (Wildman–Crippen LogP) is 4.34. The molecule has 4 rings (SSSR count). The van der Waals surface area contributed by atoms with Gasteiger partial charge in [0.1, 0.15) is 0 Å². The van der Waals surface area contributed by atoms with Crippen LogP contribution in [-0.4, -0.2) is 0 Å². The van der Waals surface area contributed by atoms with Crippen LogP contribution in [0.15, 0.2) is 30.4 Å². The van der Waals surface area contributed by atoms with E-state index < -0.39 is 0 Å². The van der Waals surface area contributed by atoms with Crippen molar-refractivity contribution < 1.29 is 0 Å². The second-order valence-electron chi connectivity index (χ2n) is 5.48. The van der Waals surface area contributed by atoms with Crippen LogP contribution in [0.5, 0.6) is 0 Å². The maximum absolute atomic E-state index is 6.35. The summed E-state index contributed by atoms with van der Waals surface area (Å²) < 4.78 is 0. The van der Waals surface area contributed by atoms with Gasteiger partial charge in [-0.25, -0.2) is 0 Å². The summed E-state index contributed by atoms with van der Waals surface area (Å²) in [5, 5.41) is 2.56. The van der Waals surface area contributed by atoms with Crippen molar-refractivity contribution >= 4 is 28.6 Å². The van der Waals surface area contributed by atoms with Crippen molar-refractivity contribution in [1.82, 2.24) is 0 Å². The summed E-state index contributed by atoms with van der Waals surface area (Å²) in [6.45, 7) is 0. The Morgan fingerprint density at radius 3 is 2.42 bits per heavy atom. The molecule has 94 valence electrons. The Morgan fingerprint density at radius 1 is 0.842 bits per heavy atom. The van der Waals surface area contributed by atoms with E-state index in [4.69, 9.17) is 5.73 Å². The van der Waals surface area contributed by atoms with Gasteiger partial charge in [-0.3, -0.25) is 0 Å². The molecule has 0 saturated carbocycles. The third-order valence-corrected chi connectivity index (χ3v) is 4.32. The molecule has 1 nitrogen and oxygen atoms in total. The van der Waals surface area contributed by atoms with Gasteiger partial charge in [-0.15, -0.1) is 0 Å². The Balaban J connectivity index is 2.15. The lowest BCUT2D eigenvalue weighted by Gasteiger charge is -2.20. The van der Waals surface area contributed by atoms with Crippen LogP contribution in [0.3, 0.4) is 0 Å². The van der Waals surface area contributed by atoms with Crippen molar-refractivity contribution in [2.24, 2.45) is 0 Å². The summed E-state index contributed by atoms with van der Waals surface area (Å²) in [4.78, 5) is 0. The molecule has 19 heavy (non-hydrogen) atoms. The number of hydrogen-bond acceptors (Lipinski definition) is 1. The molecule has 0 spiro atoms. The van der Waals surface area contributed by atoms with Crippen molar-refractivity contribution in [3.8, 4) is 0 Å². The van der Waals surface area contributed by atoms with Gasteiger partial charge in [0, 0.05) is 11.1 Å². The second-order valence-corrected chi connectivity index (χ2v) is 5.48. The zero-order valence-corrected chi connectivity index (χ0v) is 10.9. The van der Waals surface area contributed by atoms with Crippen LogP contribution in [0.25, 0.3) is 22.9 Å². The fraction of sp³-hybridized carbons (Fsp3) is 0.222. The van der Waals surface area contributed by atoms with Crippen LogP contribution >= 0.6 is 0 Å². The monoisotopic (exact) mass is 247 g/mol. The number of benzene rings is 2. The number of allylic oxidation sites excluding steroid dienone is 2. The van der Waals surface area contributed by atoms with E-state index in [1.165, 1.54) is 33.0 Å². The topological polar surface area (TPSA) is 26.0 Å². The van der Waals surface area contributed by atoms with E-state index in [9.17, 15) is 0 Å². The first-order valence-corrected chi connectivity index (χ1v) is 7.04. The molecule has 1 heteroatoms. The standard InChI is InChI=1S/C18H17N/c19-17-11-13-6-2-3-7-14(13)16-10-9-12-5-1-4-8-15(12)18(16)17/h3-4,7-11H,1-2,5-6,19H2. The SMILES string of the molecule is Nc1cc2c(c3ccc4c(c13)C=CCC4)C=CCC2. The molecule has 2 aromatic carbocycles. The number of rotatable bonds is 0. The Hall–Kier alpha value is -2.02. The van der Waals surface area contributed by atoms with E-state index in [0.717, 1.165) is 31.4 Å². The van der Waals surface area contributed by atoms with Gasteiger partial charge in [-0.05, 0) is 59.4 Å². The molecule has 0 unspecified atom stereocenters. The fourth-order valence-corrected chi connectivity index (χ4v) is 3.40. The average molecular weight is 247 g/mol. The third-order valence-electron chi connectivity index (χ3n) is 4.32. The lowest BCUT2D eigenvalue weighted by Crippen LogP contribution is -2.02. The van der Waals surface area contributed by atoms with E-state index >= 15 is 0 Å². The smallest absolute Gasteiger partial charge is 0.0403 e. The minimum atomic E-state index is 0.937. The van der Waals surface area contributed by atoms with Crippen LogP contribution in [0.1, 0.15) is 35.1 Å². The van der Waals surface area contributed by atoms with Gasteiger partial charge < -0.3 is 5.73 Å². The van der Waals surface area contributed by atoms with Crippen LogP contribution in [-0.2, 0) is 12.8 Å². The largest absolute Gasteiger partial charge is 0.398 e. The molecule has 0 radical (unpaired) electrons. The molecule has 2 aliphatic carbocycles. The van der Waals surface area contributed by atoms with Crippen LogP contribution in [0.4, 0.5) is 5.69 Å². The number of nitrogens with two attached hydrogens (primary N) is 1. The Kier molecular flexibility index (Phi) is 2.28. The molecule has 0 bridgehead atoms. The fourth-order valence-electron chi connectivity index (χ4n) is 3.40. The Bertz CT molecular complexity index is 735. The van der Waals surface area contributed by atoms with E-state index in [0.29, 0.717) is 0 Å². The zero-order valence-electron chi connectivity index (χ0n) is 10.9. The Labute approximate surface area is 113 Å². The molecule has 0 fully saturated rings. The van der Waals surface area contributed by atoms with E-state index in [-0.39, 0.29) is 0 Å². The first-order valence-electron chi connectivity index (χ1n) is 7.04. The highest BCUT2D eigenvalue weighted by Gasteiger charge is 2.16. The Morgan fingerprint density at radius 2 is 1.58 bits per heavy atom. The highest BCUT2D eigenvalue weighted by Crippen LogP contribution is 2.37. The number of aryl methyl sites for hydroxylation is 2. The van der Waals surface area contributed by atoms with Gasteiger partial charge in [0.25, 0.3) is 0 Å². The summed E-state index contributed by atoms with van der Waals surface area (Å²) in [7, 11) is 0. The zero-order chi connectivity index (χ0) is 12.8. The summed E-state index contributed by atoms with van der Waals surface area (Å²) in [6, 6.07) is 6.73. The first-order chi connectivity index (χ1) is 9.34. The van der Waals surface area contributed by atoms with Gasteiger partial charge in [-0.1, -0.05) is 36.4 Å². The molecular formula is C18H17N. The molecular weight excluding hydrogens is 230 g/mol. The predicted molar refractivity (Wildman–Crippen MR) is 83.1 cm³/mol. The van der Waals surface area contributed by atoms with E-state index in [1.807, 2.05) is 0 Å². The summed E-state index contributed by atoms with van der Waals surface area (Å²) in [5.74, 6) is 0. The summed E-state index contributed by atoms with van der Waals surface area (Å²) in [6.07, 6.45) is 13.6. The molecule has 0 heterocycles. The van der Waals surface area contributed by atoms with Crippen molar-refractivity contribution in [2.75, 3.05) is 5.73 Å². The van der Waals surface area contributed by atoms with Crippen LogP contribution in [0.2, 0.25) is 0 Å². The van der Waals surface area contributed by atoms with Gasteiger partial charge in [0.05, 0.1) is 0 Å². The molecule has 2 aromatic rings. The molecule has 0 amide bonds. The summed E-state index contributed by atoms with van der Waals surface area (Å²) in [5.41, 5.74) is 12.8. The quantitative estimate of drug-likeness (QED) is 0.688. The lowest BCUT2D eigenvalue weighted by atomic mass is 9.86. The third kappa shape index (κ3) is 1.54. The second kappa shape index (κ2) is 3.99. The molecule has 0 aromatic heterocycles. The average Bonchev–Trinajstić information content (AvgIpc) is 2.46. The first kappa shape index (κ1) is 10.9.